The standard InChI is InChI=1S/C9H9ClN2O4S/c10-5-2-1-3-6(4-5)17(15,16)8(12)7(11)9(13)14/h1-4,11-12,15-16H,(H,13,14). The van der Waals surface area contributed by atoms with Gasteiger partial charge in [-0.1, -0.05) is 17.7 Å². The molecule has 0 saturated heterocycles. The second-order valence-corrected chi connectivity index (χ2v) is 5.43. The van der Waals surface area contributed by atoms with Gasteiger partial charge < -0.3 is 5.11 Å². The highest BCUT2D eigenvalue weighted by molar-refractivity contribution is 8.38. The van der Waals surface area contributed by atoms with Crippen molar-refractivity contribution in [3.8, 4) is 0 Å². The molecule has 1 aromatic carbocycles. The van der Waals surface area contributed by atoms with E-state index < -0.39 is 27.3 Å². The first-order valence-corrected chi connectivity index (χ1v) is 6.14. The number of benzene rings is 1. The van der Waals surface area contributed by atoms with Gasteiger partial charge in [0.1, 0.15) is 0 Å². The van der Waals surface area contributed by atoms with Crippen LogP contribution in [0.3, 0.4) is 0 Å². The van der Waals surface area contributed by atoms with E-state index in [1.807, 2.05) is 0 Å². The van der Waals surface area contributed by atoms with Gasteiger partial charge in [0.25, 0.3) is 0 Å². The summed E-state index contributed by atoms with van der Waals surface area (Å²) in [7, 11) is -3.81. The van der Waals surface area contributed by atoms with Gasteiger partial charge in [-0.25, -0.2) is 4.79 Å². The summed E-state index contributed by atoms with van der Waals surface area (Å²) in [5, 5.41) is 22.1. The Morgan fingerprint density at radius 1 is 1.29 bits per heavy atom. The second kappa shape index (κ2) is 4.84. The lowest BCUT2D eigenvalue weighted by molar-refractivity contribution is -0.129. The van der Waals surface area contributed by atoms with E-state index in [1.54, 1.807) is 0 Å². The zero-order chi connectivity index (χ0) is 13.2. The predicted molar refractivity (Wildman–Crippen MR) is 65.7 cm³/mol. The van der Waals surface area contributed by atoms with Crippen molar-refractivity contribution in [1.82, 2.24) is 0 Å². The van der Waals surface area contributed by atoms with Crippen LogP contribution in [0, 0.1) is 10.8 Å². The van der Waals surface area contributed by atoms with E-state index in [1.165, 1.54) is 24.3 Å². The monoisotopic (exact) mass is 276 g/mol. The molecule has 0 aliphatic rings. The molecule has 0 unspecified atom stereocenters. The molecule has 0 atom stereocenters. The summed E-state index contributed by atoms with van der Waals surface area (Å²) in [6.07, 6.45) is 0. The third-order valence-electron chi connectivity index (χ3n) is 1.85. The molecule has 0 amide bonds. The maximum absolute atomic E-state index is 10.5. The number of rotatable bonds is 3. The Labute approximate surface area is 103 Å². The average molecular weight is 277 g/mol. The zero-order valence-corrected chi connectivity index (χ0v) is 9.92. The van der Waals surface area contributed by atoms with E-state index in [2.05, 4.69) is 0 Å². The fourth-order valence-electron chi connectivity index (χ4n) is 1.00. The molecule has 0 radical (unpaired) electrons. The lowest BCUT2D eigenvalue weighted by Gasteiger charge is -2.31. The number of nitrogens with one attached hydrogen (secondary N) is 2. The minimum Gasteiger partial charge on any atom is -0.476 e. The Hall–Kier alpha value is -1.41. The molecule has 0 aliphatic carbocycles. The number of carboxylic acids is 1. The van der Waals surface area contributed by atoms with Crippen molar-refractivity contribution in [2.45, 2.75) is 4.90 Å². The minimum atomic E-state index is -3.81. The average Bonchev–Trinajstić information content (AvgIpc) is 2.26. The molecule has 0 aromatic heterocycles. The highest BCUT2D eigenvalue weighted by Gasteiger charge is 2.29. The van der Waals surface area contributed by atoms with Crippen LogP contribution in [0.25, 0.3) is 0 Å². The van der Waals surface area contributed by atoms with Crippen LogP contribution in [0.5, 0.6) is 0 Å². The summed E-state index contributed by atoms with van der Waals surface area (Å²) >= 11 is 5.65. The number of halogens is 1. The van der Waals surface area contributed by atoms with Crippen LogP contribution in [0.15, 0.2) is 29.2 Å². The maximum atomic E-state index is 10.5. The van der Waals surface area contributed by atoms with Crippen LogP contribution in [0.4, 0.5) is 0 Å². The van der Waals surface area contributed by atoms with Gasteiger partial charge in [0.05, 0.1) is 4.90 Å². The highest BCUT2D eigenvalue weighted by atomic mass is 35.5. The first-order chi connectivity index (χ1) is 7.76. The Bertz CT molecular complexity index is 504. The predicted octanol–water partition coefficient (Wildman–Crippen LogP) is 2.53. The number of aliphatic carboxylic acids is 1. The highest BCUT2D eigenvalue weighted by Crippen LogP contribution is 2.49. The normalized spacial score (nSPS) is 11.9. The topological polar surface area (TPSA) is 125 Å². The molecular weight excluding hydrogens is 268 g/mol. The third-order valence-corrected chi connectivity index (χ3v) is 3.77. The smallest absolute Gasteiger partial charge is 0.357 e. The maximum Gasteiger partial charge on any atom is 0.357 e. The molecule has 0 aliphatic heterocycles. The van der Waals surface area contributed by atoms with Crippen molar-refractivity contribution in [3.63, 3.8) is 0 Å². The van der Waals surface area contributed by atoms with Gasteiger partial charge in [0, 0.05) is 5.02 Å². The van der Waals surface area contributed by atoms with E-state index in [4.69, 9.17) is 27.5 Å². The quantitative estimate of drug-likeness (QED) is 0.429. The molecule has 1 rings (SSSR count). The number of carboxylic acid groups (broad SMARTS) is 1. The van der Waals surface area contributed by atoms with Gasteiger partial charge in [0.2, 0.25) is 0 Å². The SMILES string of the molecule is N=C(C(=N)S(O)(O)c1cccc(Cl)c1)C(=O)O. The van der Waals surface area contributed by atoms with Crippen LogP contribution in [0.2, 0.25) is 5.02 Å². The van der Waals surface area contributed by atoms with Gasteiger partial charge >= 0.3 is 5.97 Å². The van der Waals surface area contributed by atoms with Crippen molar-refractivity contribution in [2.24, 2.45) is 0 Å². The van der Waals surface area contributed by atoms with Crippen molar-refractivity contribution in [3.05, 3.63) is 29.3 Å². The van der Waals surface area contributed by atoms with Crippen LogP contribution in [-0.4, -0.2) is 30.9 Å². The minimum absolute atomic E-state index is 0.0963. The molecule has 0 spiro atoms. The Balaban J connectivity index is 3.15. The molecule has 0 fully saturated rings. The first kappa shape index (κ1) is 13.7. The van der Waals surface area contributed by atoms with Gasteiger partial charge in [-0.2, -0.15) is 0 Å². The number of hydrogen-bond donors (Lipinski definition) is 5. The summed E-state index contributed by atoms with van der Waals surface area (Å²) in [5.74, 6) is -1.70. The van der Waals surface area contributed by atoms with E-state index >= 15 is 0 Å². The number of carbonyl (C=O) groups is 1. The van der Waals surface area contributed by atoms with Gasteiger partial charge in [0.15, 0.2) is 10.8 Å². The summed E-state index contributed by atoms with van der Waals surface area (Å²) in [5.41, 5.74) is -1.16. The molecular formula is C9H9ClN2O4S. The Morgan fingerprint density at radius 2 is 1.88 bits per heavy atom. The number of hydrogen-bond acceptors (Lipinski definition) is 5. The van der Waals surface area contributed by atoms with Crippen LogP contribution >= 0.6 is 22.2 Å². The summed E-state index contributed by atoms with van der Waals surface area (Å²) in [6, 6.07) is 5.43. The molecule has 0 saturated carbocycles. The molecule has 1 aromatic rings. The fraction of sp³-hybridized carbons (Fsp3) is 0. The van der Waals surface area contributed by atoms with E-state index in [9.17, 15) is 13.9 Å². The Morgan fingerprint density at radius 3 is 2.35 bits per heavy atom. The van der Waals surface area contributed by atoms with Gasteiger partial charge in [-0.3, -0.25) is 19.9 Å². The van der Waals surface area contributed by atoms with Crippen molar-refractivity contribution < 1.29 is 19.0 Å². The van der Waals surface area contributed by atoms with Gasteiger partial charge in [-0.15, -0.1) is 10.6 Å². The van der Waals surface area contributed by atoms with Crippen molar-refractivity contribution in [1.29, 1.82) is 10.8 Å². The molecule has 0 bridgehead atoms. The van der Waals surface area contributed by atoms with Crippen LogP contribution in [0.1, 0.15) is 0 Å². The lowest BCUT2D eigenvalue weighted by atomic mass is 10.4. The zero-order valence-electron chi connectivity index (χ0n) is 8.35. The van der Waals surface area contributed by atoms with Crippen molar-refractivity contribution >= 4 is 38.9 Å². The Kier molecular flexibility index (Phi) is 3.89. The molecule has 92 valence electrons. The largest absolute Gasteiger partial charge is 0.476 e. The summed E-state index contributed by atoms with van der Waals surface area (Å²) < 4.78 is 19.5. The van der Waals surface area contributed by atoms with E-state index in [0.29, 0.717) is 0 Å². The van der Waals surface area contributed by atoms with Gasteiger partial charge in [-0.05, 0) is 18.2 Å². The fourth-order valence-corrected chi connectivity index (χ4v) is 2.42. The first-order valence-electron chi connectivity index (χ1n) is 4.21. The molecule has 8 heteroatoms. The van der Waals surface area contributed by atoms with E-state index in [-0.39, 0.29) is 9.92 Å². The van der Waals surface area contributed by atoms with E-state index in [0.717, 1.165) is 0 Å². The van der Waals surface area contributed by atoms with Crippen LogP contribution < -0.4 is 0 Å². The molecule has 6 nitrogen and oxygen atoms in total. The van der Waals surface area contributed by atoms with Crippen molar-refractivity contribution in [2.75, 3.05) is 0 Å². The summed E-state index contributed by atoms with van der Waals surface area (Å²) in [6.45, 7) is 0. The lowest BCUT2D eigenvalue weighted by Crippen LogP contribution is -2.26. The molecule has 5 N–H and O–H groups in total. The summed E-state index contributed by atoms with van der Waals surface area (Å²) in [4.78, 5) is 10.4. The molecule has 17 heavy (non-hydrogen) atoms. The second-order valence-electron chi connectivity index (χ2n) is 3.02. The molecule has 0 heterocycles. The van der Waals surface area contributed by atoms with Crippen LogP contribution in [-0.2, 0) is 4.79 Å². The third kappa shape index (κ3) is 2.83.